The van der Waals surface area contributed by atoms with Crippen LogP contribution >= 0.6 is 0 Å². The first-order valence-corrected chi connectivity index (χ1v) is 18.5. The minimum absolute atomic E-state index is 0.0226. The fourth-order valence-corrected chi connectivity index (χ4v) is 11.2. The van der Waals surface area contributed by atoms with Crippen LogP contribution in [0.3, 0.4) is 0 Å². The molecule has 0 bridgehead atoms. The van der Waals surface area contributed by atoms with E-state index in [0.29, 0.717) is 53.1 Å². The Kier molecular flexibility index (Phi) is 8.83. The molecule has 12 atom stereocenters. The minimum Gasteiger partial charge on any atom is -0.458 e. The second kappa shape index (κ2) is 12.6. The first kappa shape index (κ1) is 32.8. The fourth-order valence-electron chi connectivity index (χ4n) is 11.2. The molecule has 2 N–H and O–H groups in total. The van der Waals surface area contributed by atoms with Crippen LogP contribution < -0.4 is 5.73 Å². The highest BCUT2D eigenvalue weighted by atomic mass is 16.6. The van der Waals surface area contributed by atoms with Crippen LogP contribution in [0.15, 0.2) is 60.7 Å². The SMILES string of the molecule is CC1CC(OC2CCC3(C)C(CCC4C3CCC3(C)C(C)CCC43N)C2)C(OC(=O)c2ccccc2)CC1OC(=O)c1ccccc1. The average Bonchev–Trinajstić information content (AvgIpc) is 3.32. The van der Waals surface area contributed by atoms with Crippen molar-refractivity contribution < 1.29 is 23.8 Å². The van der Waals surface area contributed by atoms with Gasteiger partial charge in [-0.2, -0.15) is 0 Å². The molecule has 7 rings (SSSR count). The summed E-state index contributed by atoms with van der Waals surface area (Å²) < 4.78 is 19.2. The van der Waals surface area contributed by atoms with Crippen LogP contribution in [0.25, 0.3) is 0 Å². The zero-order valence-electron chi connectivity index (χ0n) is 28.9. The summed E-state index contributed by atoms with van der Waals surface area (Å²) >= 11 is 0. The van der Waals surface area contributed by atoms with Gasteiger partial charge >= 0.3 is 11.9 Å². The Morgan fingerprint density at radius 2 is 1.32 bits per heavy atom. The lowest BCUT2D eigenvalue weighted by molar-refractivity contribution is -0.173. The average molecular weight is 642 g/mol. The van der Waals surface area contributed by atoms with Gasteiger partial charge in [-0.15, -0.1) is 0 Å². The Morgan fingerprint density at radius 1 is 0.681 bits per heavy atom. The number of carbonyl (C=O) groups excluding carboxylic acids is 2. The summed E-state index contributed by atoms with van der Waals surface area (Å²) in [5.74, 6) is 2.04. The lowest BCUT2D eigenvalue weighted by Gasteiger charge is -2.64. The van der Waals surface area contributed by atoms with Crippen LogP contribution in [-0.2, 0) is 14.2 Å². The monoisotopic (exact) mass is 641 g/mol. The van der Waals surface area contributed by atoms with Gasteiger partial charge < -0.3 is 19.9 Å². The van der Waals surface area contributed by atoms with Crippen LogP contribution in [0.5, 0.6) is 0 Å². The number of hydrogen-bond acceptors (Lipinski definition) is 6. The standard InChI is InChI=1S/C41H55NO5/c1-26-23-35(36(47-38(44)29-13-9-6-10-14-29)25-34(26)46-37(43)28-11-7-5-8-12-28)45-31-18-20-39(3)30(24-31)15-16-33-32(39)19-21-40(4)27(2)17-22-41(33,40)42/h5-14,26-27,30-36H,15-25,42H2,1-4H3. The summed E-state index contributed by atoms with van der Waals surface area (Å²) in [5, 5.41) is 0. The number of esters is 2. The third-order valence-corrected chi connectivity index (χ3v) is 14.4. The number of nitrogens with two attached hydrogens (primary N) is 1. The second-order valence-corrected chi connectivity index (χ2v) is 16.6. The van der Waals surface area contributed by atoms with Crippen molar-refractivity contribution in [2.24, 2.45) is 46.2 Å². The largest absolute Gasteiger partial charge is 0.458 e. The van der Waals surface area contributed by atoms with Crippen LogP contribution in [0.4, 0.5) is 0 Å². The van der Waals surface area contributed by atoms with Crippen LogP contribution in [0, 0.1) is 40.4 Å². The maximum Gasteiger partial charge on any atom is 0.338 e. The van der Waals surface area contributed by atoms with E-state index in [2.05, 4.69) is 27.7 Å². The predicted molar refractivity (Wildman–Crippen MR) is 183 cm³/mol. The van der Waals surface area contributed by atoms with Crippen molar-refractivity contribution in [1.29, 1.82) is 0 Å². The number of fused-ring (bicyclic) bond motifs is 5. The zero-order chi connectivity index (χ0) is 33.0. The van der Waals surface area contributed by atoms with E-state index >= 15 is 0 Å². The topological polar surface area (TPSA) is 87.8 Å². The van der Waals surface area contributed by atoms with Gasteiger partial charge in [0.05, 0.1) is 23.3 Å². The summed E-state index contributed by atoms with van der Waals surface area (Å²) in [6.07, 6.45) is 10.9. The molecule has 5 aliphatic carbocycles. The highest BCUT2D eigenvalue weighted by Crippen LogP contribution is 2.68. The molecule has 47 heavy (non-hydrogen) atoms. The summed E-state index contributed by atoms with van der Waals surface area (Å²) in [5.41, 5.74) is 9.06. The fraction of sp³-hybridized carbons (Fsp3) is 0.659. The van der Waals surface area contributed by atoms with Gasteiger partial charge in [0.15, 0.2) is 0 Å². The van der Waals surface area contributed by atoms with Gasteiger partial charge in [-0.05, 0) is 129 Å². The molecule has 5 saturated carbocycles. The molecule has 2 aromatic carbocycles. The molecule has 0 amide bonds. The van der Waals surface area contributed by atoms with E-state index in [1.165, 1.54) is 44.9 Å². The third-order valence-electron chi connectivity index (χ3n) is 14.4. The molecule has 0 saturated heterocycles. The molecule has 6 heteroatoms. The predicted octanol–water partition coefficient (Wildman–Crippen LogP) is 8.38. The number of rotatable bonds is 6. The van der Waals surface area contributed by atoms with E-state index < -0.39 is 6.10 Å². The summed E-state index contributed by atoms with van der Waals surface area (Å²) in [4.78, 5) is 26.3. The minimum atomic E-state index is -0.492. The van der Waals surface area contributed by atoms with Crippen molar-refractivity contribution in [3.05, 3.63) is 71.8 Å². The maximum absolute atomic E-state index is 13.3. The molecule has 254 valence electrons. The molecule has 12 unspecified atom stereocenters. The van der Waals surface area contributed by atoms with Crippen LogP contribution in [0.2, 0.25) is 0 Å². The molecule has 5 fully saturated rings. The van der Waals surface area contributed by atoms with Crippen molar-refractivity contribution >= 4 is 11.9 Å². The first-order valence-electron chi connectivity index (χ1n) is 18.5. The van der Waals surface area contributed by atoms with E-state index in [1.807, 2.05) is 36.4 Å². The van der Waals surface area contributed by atoms with E-state index in [0.717, 1.165) is 12.8 Å². The van der Waals surface area contributed by atoms with Gasteiger partial charge in [-0.25, -0.2) is 9.59 Å². The molecule has 0 spiro atoms. The number of hydrogen-bond donors (Lipinski definition) is 1. The highest BCUT2D eigenvalue weighted by Gasteiger charge is 2.65. The summed E-state index contributed by atoms with van der Waals surface area (Å²) in [6.45, 7) is 9.64. The quantitative estimate of drug-likeness (QED) is 0.319. The van der Waals surface area contributed by atoms with E-state index in [4.69, 9.17) is 19.9 Å². The van der Waals surface area contributed by atoms with E-state index in [-0.39, 0.29) is 47.1 Å². The molecule has 0 heterocycles. The normalized spacial score (nSPS) is 42.8. The molecule has 0 radical (unpaired) electrons. The molecule has 0 aromatic heterocycles. The third kappa shape index (κ3) is 5.75. The summed E-state index contributed by atoms with van der Waals surface area (Å²) in [6, 6.07) is 18.2. The van der Waals surface area contributed by atoms with E-state index in [9.17, 15) is 9.59 Å². The van der Waals surface area contributed by atoms with Crippen molar-refractivity contribution in [2.45, 2.75) is 128 Å². The smallest absolute Gasteiger partial charge is 0.338 e. The Bertz CT molecular complexity index is 1430. The molecular formula is C41H55NO5. The van der Waals surface area contributed by atoms with Crippen molar-refractivity contribution in [3.8, 4) is 0 Å². The molecule has 2 aromatic rings. The van der Waals surface area contributed by atoms with E-state index in [1.54, 1.807) is 24.3 Å². The Morgan fingerprint density at radius 3 is 1.98 bits per heavy atom. The molecule has 6 nitrogen and oxygen atoms in total. The summed E-state index contributed by atoms with van der Waals surface area (Å²) in [7, 11) is 0. The van der Waals surface area contributed by atoms with Gasteiger partial charge in [-0.3, -0.25) is 0 Å². The van der Waals surface area contributed by atoms with Crippen molar-refractivity contribution in [1.82, 2.24) is 0 Å². The van der Waals surface area contributed by atoms with Gasteiger partial charge in [0.2, 0.25) is 0 Å². The molecular weight excluding hydrogens is 586 g/mol. The van der Waals surface area contributed by atoms with Crippen molar-refractivity contribution in [2.75, 3.05) is 0 Å². The van der Waals surface area contributed by atoms with Crippen molar-refractivity contribution in [3.63, 3.8) is 0 Å². The number of ether oxygens (including phenoxy) is 3. The maximum atomic E-state index is 13.3. The van der Waals surface area contributed by atoms with Gasteiger partial charge in [0, 0.05) is 12.0 Å². The van der Waals surface area contributed by atoms with Crippen LogP contribution in [-0.4, -0.2) is 41.9 Å². The lowest BCUT2D eigenvalue weighted by Crippen LogP contribution is -2.66. The van der Waals surface area contributed by atoms with Gasteiger partial charge in [0.1, 0.15) is 12.2 Å². The Labute approximate surface area is 281 Å². The Hall–Kier alpha value is -2.70. The lowest BCUT2D eigenvalue weighted by atomic mass is 9.42. The first-order chi connectivity index (χ1) is 22.5. The molecule has 0 aliphatic heterocycles. The molecule has 5 aliphatic rings. The highest BCUT2D eigenvalue weighted by molar-refractivity contribution is 5.90. The van der Waals surface area contributed by atoms with Gasteiger partial charge in [0.25, 0.3) is 0 Å². The van der Waals surface area contributed by atoms with Crippen LogP contribution in [0.1, 0.15) is 119 Å². The number of benzene rings is 2. The zero-order valence-corrected chi connectivity index (χ0v) is 28.9. The van der Waals surface area contributed by atoms with Gasteiger partial charge in [-0.1, -0.05) is 64.1 Å². The second-order valence-electron chi connectivity index (χ2n) is 16.6. The Balaban J connectivity index is 1.05. The number of carbonyl (C=O) groups is 2.